The third-order valence-corrected chi connectivity index (χ3v) is 2.70. The van der Waals surface area contributed by atoms with Gasteiger partial charge in [0.15, 0.2) is 5.41 Å². The Labute approximate surface area is 87.8 Å². The van der Waals surface area contributed by atoms with Gasteiger partial charge in [0.2, 0.25) is 0 Å². The van der Waals surface area contributed by atoms with E-state index in [1.807, 2.05) is 0 Å². The van der Waals surface area contributed by atoms with E-state index < -0.39 is 43.5 Å². The number of likely N-dealkylation sites (tertiary alicyclic amines) is 1. The fourth-order valence-corrected chi connectivity index (χ4v) is 1.77. The molecule has 0 aromatic carbocycles. The molecule has 1 saturated heterocycles. The van der Waals surface area contributed by atoms with E-state index in [9.17, 15) is 26.7 Å². The second-order valence-corrected chi connectivity index (χ2v) is 3.76. The van der Waals surface area contributed by atoms with Crippen LogP contribution in [0.4, 0.5) is 22.0 Å². The van der Waals surface area contributed by atoms with E-state index in [4.69, 9.17) is 5.11 Å². The van der Waals surface area contributed by atoms with Gasteiger partial charge < -0.3 is 5.11 Å². The maximum absolute atomic E-state index is 12.6. The van der Waals surface area contributed by atoms with Crippen molar-refractivity contribution in [3.8, 4) is 0 Å². The van der Waals surface area contributed by atoms with E-state index >= 15 is 0 Å². The van der Waals surface area contributed by atoms with Gasteiger partial charge in [0.1, 0.15) is 0 Å². The van der Waals surface area contributed by atoms with Crippen LogP contribution in [-0.4, -0.2) is 48.2 Å². The lowest BCUT2D eigenvalue weighted by Gasteiger charge is -2.27. The van der Waals surface area contributed by atoms with E-state index in [1.54, 1.807) is 0 Å². The molecule has 1 heterocycles. The van der Waals surface area contributed by atoms with Crippen LogP contribution in [0.25, 0.3) is 0 Å². The molecule has 0 aliphatic carbocycles. The average molecular weight is 247 g/mol. The standard InChI is InChI=1S/C8H10F5NO2/c9-5(10)3-14-2-1-7(4-14,6(15)16)8(11,12)13/h5H,1-4H2,(H,15,16). The van der Waals surface area contributed by atoms with Crippen LogP contribution in [0.15, 0.2) is 0 Å². The summed E-state index contributed by atoms with van der Waals surface area (Å²) in [7, 11) is 0. The Morgan fingerprint density at radius 2 is 2.00 bits per heavy atom. The number of hydrogen-bond donors (Lipinski definition) is 1. The van der Waals surface area contributed by atoms with Crippen LogP contribution in [0.1, 0.15) is 6.42 Å². The van der Waals surface area contributed by atoms with E-state index in [-0.39, 0.29) is 6.54 Å². The Kier molecular flexibility index (Phi) is 3.41. The molecule has 1 rings (SSSR count). The summed E-state index contributed by atoms with van der Waals surface area (Å²) in [6.45, 7) is -2.02. The monoisotopic (exact) mass is 247 g/mol. The van der Waals surface area contributed by atoms with Crippen molar-refractivity contribution in [1.29, 1.82) is 0 Å². The minimum absolute atomic E-state index is 0.282. The zero-order valence-corrected chi connectivity index (χ0v) is 8.10. The Morgan fingerprint density at radius 3 is 2.31 bits per heavy atom. The van der Waals surface area contributed by atoms with Crippen molar-refractivity contribution in [2.75, 3.05) is 19.6 Å². The number of halogens is 5. The molecular formula is C8H10F5NO2. The molecule has 1 aliphatic heterocycles. The van der Waals surface area contributed by atoms with E-state index in [0.717, 1.165) is 4.90 Å². The zero-order chi connectivity index (χ0) is 12.6. The Bertz CT molecular complexity index is 280. The van der Waals surface area contributed by atoms with Crippen molar-refractivity contribution >= 4 is 5.97 Å². The summed E-state index contributed by atoms with van der Waals surface area (Å²) < 4.78 is 61.7. The number of aliphatic carboxylic acids is 1. The van der Waals surface area contributed by atoms with Gasteiger partial charge in [-0.25, -0.2) is 8.78 Å². The SMILES string of the molecule is O=C(O)C1(C(F)(F)F)CCN(CC(F)F)C1. The lowest BCUT2D eigenvalue weighted by Crippen LogP contribution is -2.47. The van der Waals surface area contributed by atoms with Crippen LogP contribution < -0.4 is 0 Å². The van der Waals surface area contributed by atoms with Crippen molar-refractivity contribution in [3.05, 3.63) is 0 Å². The summed E-state index contributed by atoms with van der Waals surface area (Å²) in [5.74, 6) is -2.00. The second kappa shape index (κ2) is 4.15. The Hall–Kier alpha value is -0.920. The van der Waals surface area contributed by atoms with Gasteiger partial charge in [-0.05, 0) is 13.0 Å². The van der Waals surface area contributed by atoms with Crippen LogP contribution in [0, 0.1) is 5.41 Å². The second-order valence-electron chi connectivity index (χ2n) is 3.76. The number of alkyl halides is 5. The van der Waals surface area contributed by atoms with Crippen molar-refractivity contribution < 1.29 is 31.9 Å². The first kappa shape index (κ1) is 13.1. The summed E-state index contributed by atoms with van der Waals surface area (Å²) in [6.07, 6.45) is -8.37. The number of rotatable bonds is 3. The van der Waals surface area contributed by atoms with Gasteiger partial charge >= 0.3 is 12.1 Å². The maximum atomic E-state index is 12.6. The molecule has 3 nitrogen and oxygen atoms in total. The van der Waals surface area contributed by atoms with Crippen molar-refractivity contribution in [3.63, 3.8) is 0 Å². The fraction of sp³-hybridized carbons (Fsp3) is 0.875. The van der Waals surface area contributed by atoms with Crippen LogP contribution in [0.5, 0.6) is 0 Å². The molecule has 16 heavy (non-hydrogen) atoms. The van der Waals surface area contributed by atoms with Gasteiger partial charge in [-0.15, -0.1) is 0 Å². The smallest absolute Gasteiger partial charge is 0.406 e. The molecule has 8 heteroatoms. The van der Waals surface area contributed by atoms with Crippen molar-refractivity contribution in [2.24, 2.45) is 5.41 Å². The van der Waals surface area contributed by atoms with Gasteiger partial charge in [0.05, 0.1) is 6.54 Å². The molecule has 0 spiro atoms. The molecule has 1 unspecified atom stereocenters. The molecule has 94 valence electrons. The zero-order valence-electron chi connectivity index (χ0n) is 8.10. The number of nitrogens with zero attached hydrogens (tertiary/aromatic N) is 1. The van der Waals surface area contributed by atoms with Crippen molar-refractivity contribution in [1.82, 2.24) is 4.90 Å². The first-order valence-electron chi connectivity index (χ1n) is 4.50. The molecule has 1 N–H and O–H groups in total. The molecule has 0 saturated carbocycles. The lowest BCUT2D eigenvalue weighted by atomic mass is 9.86. The number of carboxylic acids is 1. The summed E-state index contributed by atoms with van der Waals surface area (Å²) in [4.78, 5) is 11.5. The van der Waals surface area contributed by atoms with Crippen LogP contribution in [-0.2, 0) is 4.79 Å². The minimum atomic E-state index is -4.92. The number of carbonyl (C=O) groups is 1. The third kappa shape index (κ3) is 2.26. The van der Waals surface area contributed by atoms with Gasteiger partial charge in [-0.3, -0.25) is 9.69 Å². The van der Waals surface area contributed by atoms with Crippen LogP contribution >= 0.6 is 0 Å². The quantitative estimate of drug-likeness (QED) is 0.770. The fourth-order valence-electron chi connectivity index (χ4n) is 1.77. The normalized spacial score (nSPS) is 27.6. The summed E-state index contributed by atoms with van der Waals surface area (Å²) in [6, 6.07) is 0. The number of carboxylic acid groups (broad SMARTS) is 1. The van der Waals surface area contributed by atoms with Crippen molar-refractivity contribution in [2.45, 2.75) is 19.0 Å². The Morgan fingerprint density at radius 1 is 1.44 bits per heavy atom. The van der Waals surface area contributed by atoms with Gasteiger partial charge in [0.25, 0.3) is 6.43 Å². The highest BCUT2D eigenvalue weighted by molar-refractivity contribution is 5.76. The molecule has 1 aliphatic rings. The molecule has 0 aromatic heterocycles. The van der Waals surface area contributed by atoms with Gasteiger partial charge in [-0.1, -0.05) is 0 Å². The summed E-state index contributed by atoms with van der Waals surface area (Å²) >= 11 is 0. The summed E-state index contributed by atoms with van der Waals surface area (Å²) in [5.41, 5.74) is -2.90. The molecule has 0 radical (unpaired) electrons. The lowest BCUT2D eigenvalue weighted by molar-refractivity contribution is -0.227. The minimum Gasteiger partial charge on any atom is -0.481 e. The molecule has 1 fully saturated rings. The molecular weight excluding hydrogens is 237 g/mol. The average Bonchev–Trinajstić information content (AvgIpc) is 2.46. The molecule has 0 amide bonds. The van der Waals surface area contributed by atoms with Crippen LogP contribution in [0.3, 0.4) is 0 Å². The predicted octanol–water partition coefficient (Wildman–Crippen LogP) is 1.59. The van der Waals surface area contributed by atoms with E-state index in [1.165, 1.54) is 0 Å². The third-order valence-electron chi connectivity index (χ3n) is 2.70. The largest absolute Gasteiger partial charge is 0.481 e. The first-order chi connectivity index (χ1) is 7.19. The molecule has 0 bridgehead atoms. The van der Waals surface area contributed by atoms with E-state index in [0.29, 0.717) is 0 Å². The van der Waals surface area contributed by atoms with Crippen LogP contribution in [0.2, 0.25) is 0 Å². The van der Waals surface area contributed by atoms with Gasteiger partial charge in [0, 0.05) is 6.54 Å². The maximum Gasteiger partial charge on any atom is 0.406 e. The molecule has 1 atom stereocenters. The Balaban J connectivity index is 2.82. The highest BCUT2D eigenvalue weighted by Gasteiger charge is 2.63. The predicted molar refractivity (Wildman–Crippen MR) is 43.2 cm³/mol. The highest BCUT2D eigenvalue weighted by atomic mass is 19.4. The first-order valence-corrected chi connectivity index (χ1v) is 4.50. The highest BCUT2D eigenvalue weighted by Crippen LogP contribution is 2.45. The number of hydrogen-bond acceptors (Lipinski definition) is 2. The molecule has 0 aromatic rings. The summed E-state index contributed by atoms with van der Waals surface area (Å²) in [5, 5.41) is 8.62. The van der Waals surface area contributed by atoms with Gasteiger partial charge in [-0.2, -0.15) is 13.2 Å². The topological polar surface area (TPSA) is 40.5 Å². The van der Waals surface area contributed by atoms with E-state index in [2.05, 4.69) is 0 Å².